The molecule has 0 amide bonds. The highest BCUT2D eigenvalue weighted by molar-refractivity contribution is 4.74. The Balaban J connectivity index is 4.06. The molecule has 2 N–H and O–H groups in total. The SMILES string of the molecule is CCCCCCCCC[C@H](O)C[C@@H](OCOC)[C@@H](CO)OCOC. The number of aliphatic hydroxyl groups is 2. The predicted molar refractivity (Wildman–Crippen MR) is 93.8 cm³/mol. The van der Waals surface area contributed by atoms with Crippen molar-refractivity contribution in [3.8, 4) is 0 Å². The van der Waals surface area contributed by atoms with Crippen molar-refractivity contribution in [1.29, 1.82) is 0 Å². The van der Waals surface area contributed by atoms with Crippen molar-refractivity contribution in [2.75, 3.05) is 34.4 Å². The Bertz CT molecular complexity index is 252. The summed E-state index contributed by atoms with van der Waals surface area (Å²) in [6.45, 7) is 2.20. The van der Waals surface area contributed by atoms with E-state index in [2.05, 4.69) is 6.92 Å². The van der Waals surface area contributed by atoms with Crippen LogP contribution < -0.4 is 0 Å². The van der Waals surface area contributed by atoms with Crippen molar-refractivity contribution in [3.63, 3.8) is 0 Å². The largest absolute Gasteiger partial charge is 0.394 e. The quantitative estimate of drug-likeness (QED) is 0.292. The zero-order valence-electron chi connectivity index (χ0n) is 15.7. The van der Waals surface area contributed by atoms with Crippen LogP contribution >= 0.6 is 0 Å². The molecule has 0 heterocycles. The lowest BCUT2D eigenvalue weighted by molar-refractivity contribution is -0.174. The van der Waals surface area contributed by atoms with Crippen molar-refractivity contribution in [2.45, 2.75) is 83.0 Å². The normalized spacial score (nSPS) is 15.4. The van der Waals surface area contributed by atoms with Crippen LogP contribution in [0.4, 0.5) is 0 Å². The maximum absolute atomic E-state index is 10.2. The minimum Gasteiger partial charge on any atom is -0.394 e. The number of ether oxygens (including phenoxy) is 4. The lowest BCUT2D eigenvalue weighted by atomic mass is 10.0. The maximum atomic E-state index is 10.2. The Kier molecular flexibility index (Phi) is 17.4. The van der Waals surface area contributed by atoms with E-state index in [-0.39, 0.29) is 20.2 Å². The number of rotatable bonds is 18. The Labute approximate surface area is 147 Å². The minimum absolute atomic E-state index is 0.0753. The van der Waals surface area contributed by atoms with Crippen LogP contribution in [0, 0.1) is 0 Å². The van der Waals surface area contributed by atoms with E-state index in [4.69, 9.17) is 18.9 Å². The van der Waals surface area contributed by atoms with Gasteiger partial charge in [-0.15, -0.1) is 0 Å². The highest BCUT2D eigenvalue weighted by Crippen LogP contribution is 2.16. The third kappa shape index (κ3) is 13.1. The van der Waals surface area contributed by atoms with Gasteiger partial charge in [0.15, 0.2) is 0 Å². The third-order valence-corrected chi connectivity index (χ3v) is 4.04. The number of methoxy groups -OCH3 is 2. The monoisotopic (exact) mass is 350 g/mol. The molecule has 0 spiro atoms. The molecule has 0 radical (unpaired) electrons. The van der Waals surface area contributed by atoms with E-state index in [1.807, 2.05) is 0 Å². The van der Waals surface area contributed by atoms with Gasteiger partial charge < -0.3 is 29.2 Å². The molecule has 0 aliphatic heterocycles. The molecule has 0 aromatic heterocycles. The summed E-state index contributed by atoms with van der Waals surface area (Å²) in [6, 6.07) is 0. The first-order valence-electron chi connectivity index (χ1n) is 9.19. The van der Waals surface area contributed by atoms with E-state index in [0.717, 1.165) is 19.3 Å². The molecule has 6 nitrogen and oxygen atoms in total. The highest BCUT2D eigenvalue weighted by Gasteiger charge is 2.25. The van der Waals surface area contributed by atoms with Crippen LogP contribution in [0.2, 0.25) is 0 Å². The fourth-order valence-corrected chi connectivity index (χ4v) is 2.64. The van der Waals surface area contributed by atoms with Gasteiger partial charge in [0, 0.05) is 20.6 Å². The van der Waals surface area contributed by atoms with Gasteiger partial charge in [0.05, 0.1) is 18.8 Å². The molecule has 0 aliphatic rings. The molecule has 0 unspecified atom stereocenters. The Hall–Kier alpha value is -0.240. The predicted octanol–water partition coefficient (Wildman–Crippen LogP) is 2.85. The van der Waals surface area contributed by atoms with Crippen LogP contribution in [0.15, 0.2) is 0 Å². The van der Waals surface area contributed by atoms with Gasteiger partial charge in [-0.05, 0) is 6.42 Å². The van der Waals surface area contributed by atoms with Gasteiger partial charge in [0.2, 0.25) is 0 Å². The zero-order valence-corrected chi connectivity index (χ0v) is 15.7. The average molecular weight is 350 g/mol. The van der Waals surface area contributed by atoms with Crippen LogP contribution in [-0.2, 0) is 18.9 Å². The smallest absolute Gasteiger partial charge is 0.146 e. The van der Waals surface area contributed by atoms with Gasteiger partial charge in [0.25, 0.3) is 0 Å². The van der Waals surface area contributed by atoms with Crippen LogP contribution in [0.5, 0.6) is 0 Å². The van der Waals surface area contributed by atoms with Crippen molar-refractivity contribution in [1.82, 2.24) is 0 Å². The van der Waals surface area contributed by atoms with E-state index in [0.29, 0.717) is 6.42 Å². The number of hydrogen-bond donors (Lipinski definition) is 2. The van der Waals surface area contributed by atoms with Crippen LogP contribution in [-0.4, -0.2) is 62.9 Å². The second-order valence-corrected chi connectivity index (χ2v) is 6.21. The van der Waals surface area contributed by atoms with E-state index in [9.17, 15) is 10.2 Å². The molecule has 0 saturated carbocycles. The fraction of sp³-hybridized carbons (Fsp3) is 1.00. The molecule has 24 heavy (non-hydrogen) atoms. The van der Waals surface area contributed by atoms with Crippen LogP contribution in [0.1, 0.15) is 64.7 Å². The van der Waals surface area contributed by atoms with Crippen molar-refractivity contribution in [3.05, 3.63) is 0 Å². The van der Waals surface area contributed by atoms with E-state index < -0.39 is 18.3 Å². The lowest BCUT2D eigenvalue weighted by Gasteiger charge is -2.27. The first-order valence-corrected chi connectivity index (χ1v) is 9.19. The summed E-state index contributed by atoms with van der Waals surface area (Å²) in [7, 11) is 3.06. The summed E-state index contributed by atoms with van der Waals surface area (Å²) in [6.07, 6.45) is 8.26. The average Bonchev–Trinajstić information content (AvgIpc) is 2.59. The highest BCUT2D eigenvalue weighted by atomic mass is 16.7. The van der Waals surface area contributed by atoms with E-state index in [1.54, 1.807) is 0 Å². The molecule has 3 atom stereocenters. The zero-order chi connectivity index (χ0) is 18.0. The second kappa shape index (κ2) is 17.6. The summed E-state index contributed by atoms with van der Waals surface area (Å²) in [4.78, 5) is 0. The van der Waals surface area contributed by atoms with Crippen LogP contribution in [0.3, 0.4) is 0 Å². The van der Waals surface area contributed by atoms with E-state index >= 15 is 0 Å². The van der Waals surface area contributed by atoms with Gasteiger partial charge >= 0.3 is 0 Å². The molecule has 146 valence electrons. The van der Waals surface area contributed by atoms with Crippen molar-refractivity contribution < 1.29 is 29.2 Å². The summed E-state index contributed by atoms with van der Waals surface area (Å²) in [5, 5.41) is 19.7. The standard InChI is InChI=1S/C18H38O6/c1-4-5-6-7-8-9-10-11-16(20)12-17(23-14-21-2)18(13-19)24-15-22-3/h16-20H,4-15H2,1-3H3/t16-,17+,18+/m0/s1. The topological polar surface area (TPSA) is 77.4 Å². The Morgan fingerprint density at radius 1 is 0.792 bits per heavy atom. The number of unbranched alkanes of at least 4 members (excludes halogenated alkanes) is 6. The summed E-state index contributed by atoms with van der Waals surface area (Å²) < 4.78 is 20.8. The molecular formula is C18H38O6. The number of aliphatic hydroxyl groups excluding tert-OH is 2. The van der Waals surface area contributed by atoms with Gasteiger partial charge in [-0.2, -0.15) is 0 Å². The lowest BCUT2D eigenvalue weighted by Crippen LogP contribution is -2.38. The molecule has 0 fully saturated rings. The molecule has 0 bridgehead atoms. The van der Waals surface area contributed by atoms with Crippen LogP contribution in [0.25, 0.3) is 0 Å². The summed E-state index contributed by atoms with van der Waals surface area (Å²) in [5.41, 5.74) is 0. The van der Waals surface area contributed by atoms with Gasteiger partial charge in [-0.25, -0.2) is 0 Å². The summed E-state index contributed by atoms with van der Waals surface area (Å²) in [5.74, 6) is 0. The molecular weight excluding hydrogens is 312 g/mol. The molecule has 0 aliphatic carbocycles. The van der Waals surface area contributed by atoms with Gasteiger partial charge in [0.1, 0.15) is 19.7 Å². The molecule has 0 rings (SSSR count). The summed E-state index contributed by atoms with van der Waals surface area (Å²) >= 11 is 0. The number of hydrogen-bond acceptors (Lipinski definition) is 6. The Morgan fingerprint density at radius 2 is 1.33 bits per heavy atom. The van der Waals surface area contributed by atoms with Gasteiger partial charge in [-0.1, -0.05) is 51.9 Å². The molecule has 6 heteroatoms. The first kappa shape index (κ1) is 23.8. The molecule has 0 saturated heterocycles. The second-order valence-electron chi connectivity index (χ2n) is 6.21. The fourth-order valence-electron chi connectivity index (χ4n) is 2.64. The molecule has 0 aromatic carbocycles. The Morgan fingerprint density at radius 3 is 1.88 bits per heavy atom. The van der Waals surface area contributed by atoms with Crippen molar-refractivity contribution in [2.24, 2.45) is 0 Å². The first-order chi connectivity index (χ1) is 11.7. The molecule has 0 aromatic rings. The maximum Gasteiger partial charge on any atom is 0.146 e. The van der Waals surface area contributed by atoms with E-state index in [1.165, 1.54) is 46.3 Å². The third-order valence-electron chi connectivity index (χ3n) is 4.04. The van der Waals surface area contributed by atoms with Crippen molar-refractivity contribution >= 4 is 0 Å². The van der Waals surface area contributed by atoms with Gasteiger partial charge in [-0.3, -0.25) is 0 Å². The minimum atomic E-state index is -0.538.